The zero-order valence-corrected chi connectivity index (χ0v) is 9.82. The Hall–Kier alpha value is -1.26. The van der Waals surface area contributed by atoms with Gasteiger partial charge in [0.15, 0.2) is 5.75 Å². The van der Waals surface area contributed by atoms with Gasteiger partial charge < -0.3 is 4.74 Å². The fourth-order valence-corrected chi connectivity index (χ4v) is 1.72. The molecule has 0 spiro atoms. The summed E-state index contributed by atoms with van der Waals surface area (Å²) >= 11 is 11.9. The van der Waals surface area contributed by atoms with Crippen LogP contribution in [0, 0.1) is 0 Å². The topological polar surface area (TPSA) is 39.9 Å². The first-order chi connectivity index (χ1) is 7.77. The van der Waals surface area contributed by atoms with Gasteiger partial charge in [-0.05, 0) is 12.1 Å². The molecule has 1 aromatic heterocycles. The van der Waals surface area contributed by atoms with Gasteiger partial charge in [0, 0.05) is 0 Å². The van der Waals surface area contributed by atoms with E-state index in [0.29, 0.717) is 28.9 Å². The van der Waals surface area contributed by atoms with E-state index in [2.05, 4.69) is 10.1 Å². The van der Waals surface area contributed by atoms with Crippen molar-refractivity contribution in [2.75, 3.05) is 6.61 Å². The maximum absolute atomic E-state index is 5.95. The minimum absolute atomic E-state index is 0.437. The Labute approximate surface area is 103 Å². The molecule has 0 saturated heterocycles. The molecule has 0 aliphatic heterocycles. The molecule has 0 aliphatic rings. The zero-order chi connectivity index (χ0) is 11.4. The highest BCUT2D eigenvalue weighted by atomic mass is 35.5. The Morgan fingerprint density at radius 1 is 1.25 bits per heavy atom. The minimum atomic E-state index is 0.437. The first-order valence-electron chi connectivity index (χ1n) is 4.66. The molecular formula is C10H9Cl2N3O. The Morgan fingerprint density at radius 2 is 2.00 bits per heavy atom. The summed E-state index contributed by atoms with van der Waals surface area (Å²) in [6.45, 7) is 1.04. The van der Waals surface area contributed by atoms with E-state index in [1.54, 1.807) is 29.2 Å². The zero-order valence-electron chi connectivity index (χ0n) is 8.31. The van der Waals surface area contributed by atoms with Gasteiger partial charge in [-0.2, -0.15) is 5.10 Å². The van der Waals surface area contributed by atoms with Gasteiger partial charge in [0.1, 0.15) is 19.3 Å². The molecule has 2 rings (SSSR count). The number of hydrogen-bond donors (Lipinski definition) is 0. The standard InChI is InChI=1S/C10H9Cl2N3O/c11-8-2-1-3-9(12)10(8)16-5-4-15-7-13-6-14-15/h1-3,6-7H,4-5H2. The number of para-hydroxylation sites is 1. The third-order valence-corrected chi connectivity index (χ3v) is 2.55. The van der Waals surface area contributed by atoms with Crippen LogP contribution in [0.15, 0.2) is 30.9 Å². The van der Waals surface area contributed by atoms with Crippen LogP contribution in [0.5, 0.6) is 5.75 Å². The maximum Gasteiger partial charge on any atom is 0.156 e. The third kappa shape index (κ3) is 2.65. The van der Waals surface area contributed by atoms with Gasteiger partial charge in [0.25, 0.3) is 0 Å². The van der Waals surface area contributed by atoms with E-state index >= 15 is 0 Å². The average molecular weight is 258 g/mol. The number of halogens is 2. The van der Waals surface area contributed by atoms with E-state index < -0.39 is 0 Å². The number of aromatic nitrogens is 3. The second kappa shape index (κ2) is 5.18. The van der Waals surface area contributed by atoms with Crippen molar-refractivity contribution in [3.8, 4) is 5.75 Å². The van der Waals surface area contributed by atoms with Crippen molar-refractivity contribution in [1.29, 1.82) is 0 Å². The van der Waals surface area contributed by atoms with Crippen LogP contribution >= 0.6 is 23.2 Å². The van der Waals surface area contributed by atoms with Crippen molar-refractivity contribution < 1.29 is 4.74 Å². The molecule has 0 unspecified atom stereocenters. The average Bonchev–Trinajstić information content (AvgIpc) is 2.75. The van der Waals surface area contributed by atoms with E-state index in [1.165, 1.54) is 6.33 Å². The highest BCUT2D eigenvalue weighted by Crippen LogP contribution is 2.32. The van der Waals surface area contributed by atoms with Crippen LogP contribution in [0.3, 0.4) is 0 Å². The van der Waals surface area contributed by atoms with Gasteiger partial charge >= 0.3 is 0 Å². The lowest BCUT2D eigenvalue weighted by Gasteiger charge is -2.09. The molecule has 16 heavy (non-hydrogen) atoms. The number of ether oxygens (including phenoxy) is 1. The van der Waals surface area contributed by atoms with Crippen LogP contribution in [-0.2, 0) is 6.54 Å². The van der Waals surface area contributed by atoms with Gasteiger partial charge in [-0.25, -0.2) is 9.67 Å². The van der Waals surface area contributed by atoms with Crippen molar-refractivity contribution >= 4 is 23.2 Å². The number of benzene rings is 1. The molecule has 1 aromatic carbocycles. The van der Waals surface area contributed by atoms with Crippen LogP contribution in [0.2, 0.25) is 10.0 Å². The normalized spacial score (nSPS) is 10.4. The molecule has 0 radical (unpaired) electrons. The molecule has 0 atom stereocenters. The summed E-state index contributed by atoms with van der Waals surface area (Å²) < 4.78 is 7.16. The fourth-order valence-electron chi connectivity index (χ4n) is 1.21. The van der Waals surface area contributed by atoms with E-state index in [0.717, 1.165) is 0 Å². The molecule has 84 valence electrons. The van der Waals surface area contributed by atoms with Crippen molar-refractivity contribution in [3.63, 3.8) is 0 Å². The van der Waals surface area contributed by atoms with Crippen LogP contribution in [-0.4, -0.2) is 21.4 Å². The summed E-state index contributed by atoms with van der Waals surface area (Å²) in [5.74, 6) is 0.506. The van der Waals surface area contributed by atoms with Crippen LogP contribution in [0.4, 0.5) is 0 Å². The summed E-state index contributed by atoms with van der Waals surface area (Å²) in [6.07, 6.45) is 3.10. The molecule has 1 heterocycles. The lowest BCUT2D eigenvalue weighted by Crippen LogP contribution is -2.08. The Bertz CT molecular complexity index is 439. The molecule has 0 amide bonds. The van der Waals surface area contributed by atoms with E-state index in [4.69, 9.17) is 27.9 Å². The highest BCUT2D eigenvalue weighted by Gasteiger charge is 2.06. The first kappa shape index (κ1) is 11.2. The summed E-state index contributed by atoms with van der Waals surface area (Å²) in [4.78, 5) is 3.83. The summed E-state index contributed by atoms with van der Waals surface area (Å²) in [7, 11) is 0. The SMILES string of the molecule is Clc1cccc(Cl)c1OCCn1cncn1. The van der Waals surface area contributed by atoms with Crippen LogP contribution in [0.1, 0.15) is 0 Å². The second-order valence-corrected chi connectivity index (χ2v) is 3.87. The maximum atomic E-state index is 5.95. The molecule has 4 nitrogen and oxygen atoms in total. The van der Waals surface area contributed by atoms with Crippen molar-refractivity contribution in [1.82, 2.24) is 14.8 Å². The first-order valence-corrected chi connectivity index (χ1v) is 5.42. The quantitative estimate of drug-likeness (QED) is 0.846. The predicted molar refractivity (Wildman–Crippen MR) is 62.0 cm³/mol. The second-order valence-electron chi connectivity index (χ2n) is 3.06. The predicted octanol–water partition coefficient (Wildman–Crippen LogP) is 2.66. The highest BCUT2D eigenvalue weighted by molar-refractivity contribution is 6.37. The Morgan fingerprint density at radius 3 is 2.62 bits per heavy atom. The van der Waals surface area contributed by atoms with E-state index in [-0.39, 0.29) is 0 Å². The number of nitrogens with zero attached hydrogens (tertiary/aromatic N) is 3. The number of rotatable bonds is 4. The summed E-state index contributed by atoms with van der Waals surface area (Å²) in [5, 5.41) is 4.96. The van der Waals surface area contributed by atoms with Gasteiger partial charge in [0.2, 0.25) is 0 Å². The molecule has 0 fully saturated rings. The molecule has 0 aliphatic carbocycles. The van der Waals surface area contributed by atoms with E-state index in [1.807, 2.05) is 0 Å². The molecular weight excluding hydrogens is 249 g/mol. The molecule has 6 heteroatoms. The smallest absolute Gasteiger partial charge is 0.156 e. The Balaban J connectivity index is 1.95. The van der Waals surface area contributed by atoms with E-state index in [9.17, 15) is 0 Å². The summed E-state index contributed by atoms with van der Waals surface area (Å²) in [5.41, 5.74) is 0. The third-order valence-electron chi connectivity index (χ3n) is 1.95. The molecule has 0 N–H and O–H groups in total. The molecule has 0 bridgehead atoms. The van der Waals surface area contributed by atoms with Crippen molar-refractivity contribution in [2.24, 2.45) is 0 Å². The Kier molecular flexibility index (Phi) is 3.64. The lowest BCUT2D eigenvalue weighted by atomic mass is 10.3. The number of hydrogen-bond acceptors (Lipinski definition) is 3. The monoisotopic (exact) mass is 257 g/mol. The summed E-state index contributed by atoms with van der Waals surface area (Å²) in [6, 6.07) is 5.24. The minimum Gasteiger partial charge on any atom is -0.489 e. The van der Waals surface area contributed by atoms with Gasteiger partial charge in [-0.1, -0.05) is 29.3 Å². The van der Waals surface area contributed by atoms with Crippen LogP contribution in [0.25, 0.3) is 0 Å². The van der Waals surface area contributed by atoms with Gasteiger partial charge in [-0.3, -0.25) is 0 Å². The largest absolute Gasteiger partial charge is 0.489 e. The lowest BCUT2D eigenvalue weighted by molar-refractivity contribution is 0.291. The molecule has 0 saturated carbocycles. The van der Waals surface area contributed by atoms with Gasteiger partial charge in [-0.15, -0.1) is 0 Å². The van der Waals surface area contributed by atoms with Crippen molar-refractivity contribution in [2.45, 2.75) is 6.54 Å². The van der Waals surface area contributed by atoms with Crippen molar-refractivity contribution in [3.05, 3.63) is 40.9 Å². The fraction of sp³-hybridized carbons (Fsp3) is 0.200. The van der Waals surface area contributed by atoms with Gasteiger partial charge in [0.05, 0.1) is 16.6 Å². The van der Waals surface area contributed by atoms with Crippen LogP contribution < -0.4 is 4.74 Å². The molecule has 2 aromatic rings.